The van der Waals surface area contributed by atoms with Gasteiger partial charge in [0.15, 0.2) is 0 Å². The molecule has 6 heteroatoms. The largest absolute Gasteiger partial charge is 0.481 e. The summed E-state index contributed by atoms with van der Waals surface area (Å²) in [5.74, 6) is -1.73. The minimum atomic E-state index is -0.864. The number of hydrogen-bond donors (Lipinski definition) is 3. The fourth-order valence-electron chi connectivity index (χ4n) is 0.997. The molecule has 16 heavy (non-hydrogen) atoms. The lowest BCUT2D eigenvalue weighted by Crippen LogP contribution is -2.34. The van der Waals surface area contributed by atoms with Crippen molar-refractivity contribution in [3.05, 3.63) is 0 Å². The number of nitrogens with one attached hydrogen (secondary N) is 1. The van der Waals surface area contributed by atoms with E-state index in [1.54, 1.807) is 6.92 Å². The summed E-state index contributed by atoms with van der Waals surface area (Å²) in [4.78, 5) is 20.6. The molecule has 0 saturated carbocycles. The number of carboxylic acids is 2. The smallest absolute Gasteiger partial charge is 0.320 e. The molecule has 0 aliphatic carbocycles. The van der Waals surface area contributed by atoms with Crippen LogP contribution in [-0.4, -0.2) is 48.0 Å². The normalized spacial score (nSPS) is 12.3. The molecule has 1 atom stereocenters. The number of hydrogen-bond acceptors (Lipinski definition) is 4. The first-order chi connectivity index (χ1) is 7.54. The zero-order chi connectivity index (χ0) is 12.4. The summed E-state index contributed by atoms with van der Waals surface area (Å²) in [5, 5.41) is 19.7. The first-order valence-electron chi connectivity index (χ1n) is 5.29. The van der Waals surface area contributed by atoms with Gasteiger partial charge in [-0.15, -0.1) is 0 Å². The van der Waals surface area contributed by atoms with Crippen molar-refractivity contribution in [1.29, 1.82) is 0 Å². The molecule has 0 spiro atoms. The Morgan fingerprint density at radius 3 is 2.50 bits per heavy atom. The van der Waals surface area contributed by atoms with Crippen molar-refractivity contribution in [2.75, 3.05) is 19.8 Å². The molecule has 0 aliphatic heterocycles. The van der Waals surface area contributed by atoms with Crippen molar-refractivity contribution in [3.8, 4) is 0 Å². The van der Waals surface area contributed by atoms with Gasteiger partial charge in [0.2, 0.25) is 0 Å². The van der Waals surface area contributed by atoms with E-state index in [9.17, 15) is 9.59 Å². The number of carbonyl (C=O) groups is 2. The van der Waals surface area contributed by atoms with Crippen molar-refractivity contribution < 1.29 is 24.5 Å². The maximum atomic E-state index is 10.4. The summed E-state index contributed by atoms with van der Waals surface area (Å²) in [6.45, 7) is 2.95. The summed E-state index contributed by atoms with van der Waals surface area (Å²) in [6, 6.07) is -0.534. The molecule has 0 radical (unpaired) electrons. The van der Waals surface area contributed by atoms with Crippen LogP contribution in [0.5, 0.6) is 0 Å². The van der Waals surface area contributed by atoms with Gasteiger partial charge in [-0.3, -0.25) is 9.59 Å². The van der Waals surface area contributed by atoms with E-state index in [1.807, 2.05) is 0 Å². The maximum Gasteiger partial charge on any atom is 0.320 e. The Morgan fingerprint density at radius 1 is 1.25 bits per heavy atom. The molecule has 0 fully saturated rings. The Balaban J connectivity index is 3.15. The number of ether oxygens (including phenoxy) is 1. The predicted octanol–water partition coefficient (Wildman–Crippen LogP) is 0.321. The Bertz CT molecular complexity index is 219. The topological polar surface area (TPSA) is 95.9 Å². The van der Waals surface area contributed by atoms with E-state index >= 15 is 0 Å². The minimum absolute atomic E-state index is 0.0221. The standard InChI is InChI=1S/C10H19NO5/c1-8(10(14)15)11-5-2-3-6-16-7-4-9(12)13/h8,11H,2-7H2,1H3,(H,12,13)(H,14,15). The Kier molecular flexibility index (Phi) is 8.46. The van der Waals surface area contributed by atoms with Crippen LogP contribution in [0.1, 0.15) is 26.2 Å². The highest BCUT2D eigenvalue weighted by Gasteiger charge is 2.07. The zero-order valence-corrected chi connectivity index (χ0v) is 9.44. The molecule has 0 rings (SSSR count). The lowest BCUT2D eigenvalue weighted by molar-refractivity contribution is -0.139. The third kappa shape index (κ3) is 9.42. The van der Waals surface area contributed by atoms with E-state index in [2.05, 4.69) is 5.32 Å². The lowest BCUT2D eigenvalue weighted by atomic mass is 10.3. The SMILES string of the molecule is CC(NCCCCOCCC(=O)O)C(=O)O. The molecule has 1 unspecified atom stereocenters. The molecule has 0 heterocycles. The molecule has 0 aromatic carbocycles. The quantitative estimate of drug-likeness (QED) is 0.470. The fraction of sp³-hybridized carbons (Fsp3) is 0.800. The molecule has 6 nitrogen and oxygen atoms in total. The zero-order valence-electron chi connectivity index (χ0n) is 9.44. The summed E-state index contributed by atoms with van der Waals surface area (Å²) >= 11 is 0. The van der Waals surface area contributed by atoms with Gasteiger partial charge < -0.3 is 20.3 Å². The van der Waals surface area contributed by atoms with Crippen LogP contribution >= 0.6 is 0 Å². The van der Waals surface area contributed by atoms with Gasteiger partial charge >= 0.3 is 11.9 Å². The summed E-state index contributed by atoms with van der Waals surface area (Å²) < 4.78 is 5.07. The summed E-state index contributed by atoms with van der Waals surface area (Å²) in [6.07, 6.45) is 1.62. The second-order valence-electron chi connectivity index (χ2n) is 3.48. The second kappa shape index (κ2) is 9.11. The summed E-state index contributed by atoms with van der Waals surface area (Å²) in [5.41, 5.74) is 0. The second-order valence-corrected chi connectivity index (χ2v) is 3.48. The summed E-state index contributed by atoms with van der Waals surface area (Å²) in [7, 11) is 0. The number of aliphatic carboxylic acids is 2. The van der Waals surface area contributed by atoms with Gasteiger partial charge in [0.05, 0.1) is 13.0 Å². The number of unbranched alkanes of at least 4 members (excludes halogenated alkanes) is 1. The van der Waals surface area contributed by atoms with Gasteiger partial charge in [-0.25, -0.2) is 0 Å². The van der Waals surface area contributed by atoms with Crippen molar-refractivity contribution in [1.82, 2.24) is 5.32 Å². The third-order valence-electron chi connectivity index (χ3n) is 2.00. The fourth-order valence-corrected chi connectivity index (χ4v) is 0.997. The molecule has 0 amide bonds. The van der Waals surface area contributed by atoms with Crippen molar-refractivity contribution in [2.24, 2.45) is 0 Å². The third-order valence-corrected chi connectivity index (χ3v) is 2.00. The predicted molar refractivity (Wildman–Crippen MR) is 57.4 cm³/mol. The van der Waals surface area contributed by atoms with Crippen LogP contribution in [0.4, 0.5) is 0 Å². The van der Waals surface area contributed by atoms with Crippen LogP contribution in [-0.2, 0) is 14.3 Å². The molecule has 0 bridgehead atoms. The van der Waals surface area contributed by atoms with E-state index < -0.39 is 18.0 Å². The monoisotopic (exact) mass is 233 g/mol. The van der Waals surface area contributed by atoms with E-state index in [0.29, 0.717) is 13.2 Å². The molecule has 3 N–H and O–H groups in total. The van der Waals surface area contributed by atoms with E-state index in [1.165, 1.54) is 0 Å². The molecule has 94 valence electrons. The van der Waals surface area contributed by atoms with Crippen molar-refractivity contribution in [3.63, 3.8) is 0 Å². The van der Waals surface area contributed by atoms with Crippen molar-refractivity contribution in [2.45, 2.75) is 32.2 Å². The molecule has 0 saturated heterocycles. The first kappa shape index (κ1) is 14.9. The number of carboxylic acid groups (broad SMARTS) is 2. The van der Waals surface area contributed by atoms with Crippen LogP contribution < -0.4 is 5.32 Å². The van der Waals surface area contributed by atoms with Crippen LogP contribution in [0.25, 0.3) is 0 Å². The van der Waals surface area contributed by atoms with Crippen molar-refractivity contribution >= 4 is 11.9 Å². The number of rotatable bonds is 10. The van der Waals surface area contributed by atoms with Crippen LogP contribution in [0.2, 0.25) is 0 Å². The Morgan fingerprint density at radius 2 is 1.94 bits per heavy atom. The average molecular weight is 233 g/mol. The Labute approximate surface area is 94.6 Å². The van der Waals surface area contributed by atoms with Gasteiger partial charge in [-0.1, -0.05) is 0 Å². The first-order valence-corrected chi connectivity index (χ1v) is 5.29. The molecule has 0 aromatic heterocycles. The van der Waals surface area contributed by atoms with Crippen LogP contribution in [0, 0.1) is 0 Å². The molecular weight excluding hydrogens is 214 g/mol. The Hall–Kier alpha value is -1.14. The average Bonchev–Trinajstić information content (AvgIpc) is 2.21. The highest BCUT2D eigenvalue weighted by Crippen LogP contribution is 1.91. The van der Waals surface area contributed by atoms with Gasteiger partial charge in [-0.2, -0.15) is 0 Å². The van der Waals surface area contributed by atoms with E-state index in [4.69, 9.17) is 14.9 Å². The van der Waals surface area contributed by atoms with Gasteiger partial charge in [0, 0.05) is 6.61 Å². The van der Waals surface area contributed by atoms with E-state index in [0.717, 1.165) is 12.8 Å². The van der Waals surface area contributed by atoms with Gasteiger partial charge in [0.25, 0.3) is 0 Å². The van der Waals surface area contributed by atoms with Crippen LogP contribution in [0.15, 0.2) is 0 Å². The lowest BCUT2D eigenvalue weighted by Gasteiger charge is -2.08. The highest BCUT2D eigenvalue weighted by atomic mass is 16.5. The van der Waals surface area contributed by atoms with Crippen LogP contribution in [0.3, 0.4) is 0 Å². The van der Waals surface area contributed by atoms with Gasteiger partial charge in [-0.05, 0) is 26.3 Å². The minimum Gasteiger partial charge on any atom is -0.481 e. The maximum absolute atomic E-state index is 10.4. The molecule has 0 aromatic rings. The van der Waals surface area contributed by atoms with Gasteiger partial charge in [0.1, 0.15) is 6.04 Å². The highest BCUT2D eigenvalue weighted by molar-refractivity contribution is 5.72. The molecular formula is C10H19NO5. The molecule has 0 aliphatic rings. The van der Waals surface area contributed by atoms with E-state index in [-0.39, 0.29) is 13.0 Å².